The molecule has 1 heterocycles. The average Bonchev–Trinajstić information content (AvgIpc) is 2.93. The molecule has 0 aliphatic carbocycles. The van der Waals surface area contributed by atoms with Gasteiger partial charge in [-0.2, -0.15) is 0 Å². The third-order valence-corrected chi connectivity index (χ3v) is 3.70. The van der Waals surface area contributed by atoms with Crippen LogP contribution in [-0.4, -0.2) is 42.4 Å². The highest BCUT2D eigenvalue weighted by Gasteiger charge is 2.17. The zero-order valence-electron chi connectivity index (χ0n) is 11.8. The van der Waals surface area contributed by atoms with Crippen LogP contribution < -0.4 is 0 Å². The van der Waals surface area contributed by atoms with Crippen molar-refractivity contribution in [3.63, 3.8) is 0 Å². The molecule has 19 heavy (non-hydrogen) atoms. The summed E-state index contributed by atoms with van der Waals surface area (Å²) in [6.07, 6.45) is 3.16. The minimum absolute atomic E-state index is 0.0921. The SMILES string of the molecule is CC[C@@H](OC[C@H](O)CN1CCCC1)c1ccccc1. The third-order valence-electron chi connectivity index (χ3n) is 3.70. The van der Waals surface area contributed by atoms with Crippen molar-refractivity contribution in [1.29, 1.82) is 0 Å². The Morgan fingerprint density at radius 3 is 2.53 bits per heavy atom. The molecule has 1 aromatic rings. The molecule has 0 spiro atoms. The lowest BCUT2D eigenvalue weighted by Crippen LogP contribution is -2.33. The van der Waals surface area contributed by atoms with E-state index in [9.17, 15) is 5.11 Å². The fourth-order valence-corrected chi connectivity index (χ4v) is 2.66. The molecule has 2 atom stereocenters. The quantitative estimate of drug-likeness (QED) is 0.821. The molecular formula is C16H25NO2. The summed E-state index contributed by atoms with van der Waals surface area (Å²) in [5.41, 5.74) is 1.19. The maximum Gasteiger partial charge on any atom is 0.0900 e. The van der Waals surface area contributed by atoms with E-state index in [1.165, 1.54) is 18.4 Å². The number of ether oxygens (including phenoxy) is 1. The Labute approximate surface area is 116 Å². The van der Waals surface area contributed by atoms with Crippen LogP contribution in [0.5, 0.6) is 0 Å². The molecule has 1 saturated heterocycles. The van der Waals surface area contributed by atoms with Crippen LogP contribution in [0.3, 0.4) is 0 Å². The first kappa shape index (κ1) is 14.5. The van der Waals surface area contributed by atoms with Crippen molar-refractivity contribution in [2.45, 2.75) is 38.4 Å². The van der Waals surface area contributed by atoms with E-state index in [1.807, 2.05) is 18.2 Å². The molecular weight excluding hydrogens is 238 g/mol. The first-order chi connectivity index (χ1) is 9.29. The van der Waals surface area contributed by atoms with Gasteiger partial charge in [-0.1, -0.05) is 37.3 Å². The Hall–Kier alpha value is -0.900. The monoisotopic (exact) mass is 263 g/mol. The van der Waals surface area contributed by atoms with Gasteiger partial charge in [0.05, 0.1) is 18.8 Å². The molecule has 0 saturated carbocycles. The Balaban J connectivity index is 1.76. The zero-order valence-corrected chi connectivity index (χ0v) is 11.8. The molecule has 1 aliphatic heterocycles. The number of aliphatic hydroxyl groups excluding tert-OH is 1. The summed E-state index contributed by atoms with van der Waals surface area (Å²) in [4.78, 5) is 2.32. The van der Waals surface area contributed by atoms with E-state index in [0.29, 0.717) is 6.61 Å². The molecule has 0 unspecified atom stereocenters. The van der Waals surface area contributed by atoms with Gasteiger partial charge in [0.25, 0.3) is 0 Å². The standard InChI is InChI=1S/C16H25NO2/c1-2-16(14-8-4-3-5-9-14)19-13-15(18)12-17-10-6-7-11-17/h3-5,8-9,15-16,18H,2,6-7,10-13H2,1H3/t15-,16-/m1/s1. The lowest BCUT2D eigenvalue weighted by Gasteiger charge is -2.22. The van der Waals surface area contributed by atoms with Gasteiger partial charge in [0.15, 0.2) is 0 Å². The van der Waals surface area contributed by atoms with Crippen LogP contribution in [0.15, 0.2) is 30.3 Å². The van der Waals surface area contributed by atoms with Gasteiger partial charge in [0.2, 0.25) is 0 Å². The summed E-state index contributed by atoms with van der Waals surface area (Å²) in [6.45, 7) is 5.51. The van der Waals surface area contributed by atoms with Crippen molar-refractivity contribution < 1.29 is 9.84 Å². The van der Waals surface area contributed by atoms with Crippen LogP contribution in [0, 0.1) is 0 Å². The van der Waals surface area contributed by atoms with Gasteiger partial charge in [0, 0.05) is 6.54 Å². The number of hydrogen-bond acceptors (Lipinski definition) is 3. The van der Waals surface area contributed by atoms with Crippen LogP contribution in [0.1, 0.15) is 37.9 Å². The molecule has 106 valence electrons. The summed E-state index contributed by atoms with van der Waals surface area (Å²) < 4.78 is 5.87. The first-order valence-electron chi connectivity index (χ1n) is 7.36. The number of benzene rings is 1. The van der Waals surface area contributed by atoms with Crippen LogP contribution >= 0.6 is 0 Å². The van der Waals surface area contributed by atoms with Crippen molar-refractivity contribution in [2.24, 2.45) is 0 Å². The van der Waals surface area contributed by atoms with Gasteiger partial charge in [0.1, 0.15) is 0 Å². The van der Waals surface area contributed by atoms with E-state index >= 15 is 0 Å². The second-order valence-electron chi connectivity index (χ2n) is 5.30. The number of likely N-dealkylation sites (tertiary alicyclic amines) is 1. The highest BCUT2D eigenvalue weighted by molar-refractivity contribution is 5.17. The van der Waals surface area contributed by atoms with E-state index in [0.717, 1.165) is 26.1 Å². The largest absolute Gasteiger partial charge is 0.389 e. The number of aliphatic hydroxyl groups is 1. The summed E-state index contributed by atoms with van der Waals surface area (Å²) in [5.74, 6) is 0. The van der Waals surface area contributed by atoms with E-state index < -0.39 is 0 Å². The minimum Gasteiger partial charge on any atom is -0.389 e. The summed E-state index contributed by atoms with van der Waals surface area (Å²) in [5, 5.41) is 10.0. The molecule has 1 fully saturated rings. The second kappa shape index (κ2) is 7.63. The fraction of sp³-hybridized carbons (Fsp3) is 0.625. The summed E-state index contributed by atoms with van der Waals surface area (Å²) >= 11 is 0. The first-order valence-corrected chi connectivity index (χ1v) is 7.36. The number of nitrogens with zero attached hydrogens (tertiary/aromatic N) is 1. The molecule has 3 nitrogen and oxygen atoms in total. The highest BCUT2D eigenvalue weighted by Crippen LogP contribution is 2.20. The molecule has 0 bridgehead atoms. The van der Waals surface area contributed by atoms with Crippen LogP contribution in [0.25, 0.3) is 0 Å². The Morgan fingerprint density at radius 1 is 1.21 bits per heavy atom. The zero-order chi connectivity index (χ0) is 13.5. The van der Waals surface area contributed by atoms with Crippen molar-refractivity contribution in [3.8, 4) is 0 Å². The number of β-amino-alcohol motifs (C(OH)–C–C–N with tert-alkyl or cyclic N) is 1. The molecule has 1 N–H and O–H groups in total. The van der Waals surface area contributed by atoms with Crippen molar-refractivity contribution >= 4 is 0 Å². The molecule has 1 aromatic carbocycles. The Kier molecular flexibility index (Phi) is 5.83. The van der Waals surface area contributed by atoms with E-state index in [2.05, 4.69) is 24.0 Å². The molecule has 0 amide bonds. The minimum atomic E-state index is -0.379. The van der Waals surface area contributed by atoms with Crippen molar-refractivity contribution in [3.05, 3.63) is 35.9 Å². The second-order valence-corrected chi connectivity index (χ2v) is 5.30. The maximum atomic E-state index is 10.0. The Bertz CT molecular complexity index is 349. The number of rotatable bonds is 7. The van der Waals surface area contributed by atoms with Gasteiger partial charge >= 0.3 is 0 Å². The summed E-state index contributed by atoms with van der Waals surface area (Å²) in [7, 11) is 0. The Morgan fingerprint density at radius 2 is 1.89 bits per heavy atom. The molecule has 2 rings (SSSR count). The number of hydrogen-bond donors (Lipinski definition) is 1. The van der Waals surface area contributed by atoms with Crippen molar-refractivity contribution in [1.82, 2.24) is 4.90 Å². The van der Waals surface area contributed by atoms with E-state index in [1.54, 1.807) is 0 Å². The maximum absolute atomic E-state index is 10.0. The highest BCUT2D eigenvalue weighted by atomic mass is 16.5. The van der Waals surface area contributed by atoms with Crippen LogP contribution in [0.4, 0.5) is 0 Å². The summed E-state index contributed by atoms with van der Waals surface area (Å²) in [6, 6.07) is 10.2. The van der Waals surface area contributed by atoms with Crippen molar-refractivity contribution in [2.75, 3.05) is 26.2 Å². The predicted octanol–water partition coefficient (Wildman–Crippen LogP) is 2.61. The van der Waals surface area contributed by atoms with Gasteiger partial charge in [-0.05, 0) is 37.9 Å². The topological polar surface area (TPSA) is 32.7 Å². The lowest BCUT2D eigenvalue weighted by atomic mass is 10.1. The van der Waals surface area contributed by atoms with Gasteiger partial charge < -0.3 is 14.7 Å². The van der Waals surface area contributed by atoms with E-state index in [4.69, 9.17) is 4.74 Å². The van der Waals surface area contributed by atoms with E-state index in [-0.39, 0.29) is 12.2 Å². The van der Waals surface area contributed by atoms with Gasteiger partial charge in [-0.15, -0.1) is 0 Å². The third kappa shape index (κ3) is 4.60. The van der Waals surface area contributed by atoms with Gasteiger partial charge in [-0.25, -0.2) is 0 Å². The van der Waals surface area contributed by atoms with Gasteiger partial charge in [-0.3, -0.25) is 0 Å². The average molecular weight is 263 g/mol. The normalized spacial score (nSPS) is 19.5. The molecule has 1 aliphatic rings. The molecule has 0 aromatic heterocycles. The smallest absolute Gasteiger partial charge is 0.0900 e. The fourth-order valence-electron chi connectivity index (χ4n) is 2.66. The molecule has 3 heteroatoms. The van der Waals surface area contributed by atoms with Crippen LogP contribution in [0.2, 0.25) is 0 Å². The predicted molar refractivity (Wildman–Crippen MR) is 77.1 cm³/mol. The molecule has 0 radical (unpaired) electrons. The lowest BCUT2D eigenvalue weighted by molar-refractivity contribution is -0.0215. The van der Waals surface area contributed by atoms with Crippen LogP contribution in [-0.2, 0) is 4.74 Å².